The van der Waals surface area contributed by atoms with Crippen LogP contribution in [-0.2, 0) is 0 Å². The van der Waals surface area contributed by atoms with Gasteiger partial charge in [0.05, 0.1) is 16.5 Å². The number of fused-ring (bicyclic) bond motifs is 2. The van der Waals surface area contributed by atoms with E-state index >= 15 is 0 Å². The van der Waals surface area contributed by atoms with Gasteiger partial charge in [-0.15, -0.1) is 0 Å². The molecule has 2 unspecified atom stereocenters. The van der Waals surface area contributed by atoms with Crippen LogP contribution in [0.15, 0.2) is 46.4 Å². The minimum absolute atomic E-state index is 0. The Bertz CT molecular complexity index is 1040. The predicted molar refractivity (Wildman–Crippen MR) is 89.0 cm³/mol. The number of pyridine rings is 1. The van der Waals surface area contributed by atoms with Crippen LogP contribution in [-0.4, -0.2) is 10.8 Å². The van der Waals surface area contributed by atoms with Crippen molar-refractivity contribution in [3.63, 3.8) is 0 Å². The molecule has 4 rings (SSSR count). The molecule has 2 aliphatic rings. The van der Waals surface area contributed by atoms with Gasteiger partial charge in [-0.05, 0) is 32.3 Å². The van der Waals surface area contributed by atoms with E-state index in [4.69, 9.17) is 0 Å². The molecule has 3 nitrogen and oxygen atoms in total. The molecule has 2 aromatic rings. The fourth-order valence-electron chi connectivity index (χ4n) is 3.64. The highest BCUT2D eigenvalue weighted by Crippen LogP contribution is 2.61. The Hall–Kier alpha value is -2.56. The molecule has 1 saturated carbocycles. The van der Waals surface area contributed by atoms with E-state index in [1.165, 1.54) is 6.20 Å². The van der Waals surface area contributed by atoms with Crippen molar-refractivity contribution in [3.8, 4) is 0 Å². The van der Waals surface area contributed by atoms with E-state index in [-0.39, 0.29) is 29.6 Å². The predicted octanol–water partition coefficient (Wildman–Crippen LogP) is 4.15. The van der Waals surface area contributed by atoms with Gasteiger partial charge in [-0.25, -0.2) is 8.78 Å². The van der Waals surface area contributed by atoms with Crippen molar-refractivity contribution in [2.45, 2.75) is 20.3 Å². The van der Waals surface area contributed by atoms with Crippen LogP contribution in [0.1, 0.15) is 32.1 Å². The normalized spacial score (nSPS) is 25.1. The van der Waals surface area contributed by atoms with Crippen LogP contribution in [0.4, 0.5) is 8.78 Å². The third-order valence-corrected chi connectivity index (χ3v) is 5.37. The average Bonchev–Trinajstić information content (AvgIpc) is 3.30. The fraction of sp³-hybridized carbons (Fsp3) is 0.263. The quantitative estimate of drug-likeness (QED) is 0.842. The topological polar surface area (TPSA) is 49.9 Å². The summed E-state index contributed by atoms with van der Waals surface area (Å²) < 4.78 is 26.8. The van der Waals surface area contributed by atoms with E-state index in [9.17, 15) is 18.4 Å². The van der Waals surface area contributed by atoms with Crippen molar-refractivity contribution in [3.05, 3.63) is 69.0 Å². The molecule has 0 saturated heterocycles. The second kappa shape index (κ2) is 4.72. The van der Waals surface area contributed by atoms with Crippen molar-refractivity contribution in [2.75, 3.05) is 0 Å². The Kier molecular flexibility index (Phi) is 2.95. The molecule has 0 aliphatic heterocycles. The monoisotopic (exact) mass is 329 g/mol. The summed E-state index contributed by atoms with van der Waals surface area (Å²) in [7, 11) is 0. The molecule has 1 fully saturated rings. The Balaban J connectivity index is 0.00000182. The molecule has 1 aromatic carbocycles. The number of hydrogen-bond acceptors (Lipinski definition) is 2. The number of carbonyl (C=O) groups excluding carboxylic acids is 1. The molecule has 5 heteroatoms. The second-order valence-corrected chi connectivity index (χ2v) is 6.67. The van der Waals surface area contributed by atoms with Crippen molar-refractivity contribution in [1.29, 1.82) is 0 Å². The number of hydrogen-bond donors (Lipinski definition) is 1. The number of halogens is 2. The SMILES string of the molecule is CC1=C(C)C2CC2(C(=O)c2c[nH]c3cc(F)c(F)cc3c2=O)C=C1.[HH]. The highest BCUT2D eigenvalue weighted by Gasteiger charge is 2.60. The van der Waals surface area contributed by atoms with Gasteiger partial charge in [-0.1, -0.05) is 23.3 Å². The van der Waals surface area contributed by atoms with E-state index in [0.29, 0.717) is 6.42 Å². The zero-order valence-electron chi connectivity index (χ0n) is 13.2. The lowest BCUT2D eigenvalue weighted by atomic mass is 9.85. The molecule has 0 amide bonds. The zero-order chi connectivity index (χ0) is 17.2. The number of benzene rings is 1. The molecule has 0 bridgehead atoms. The number of rotatable bonds is 2. The molecular weight excluding hydrogens is 312 g/mol. The second-order valence-electron chi connectivity index (χ2n) is 6.67. The summed E-state index contributed by atoms with van der Waals surface area (Å²) in [6.07, 6.45) is 5.78. The van der Waals surface area contributed by atoms with Gasteiger partial charge >= 0.3 is 0 Å². The van der Waals surface area contributed by atoms with Gasteiger partial charge < -0.3 is 4.98 Å². The molecular formula is C19H17F2NO2. The molecule has 0 radical (unpaired) electrons. The minimum Gasteiger partial charge on any atom is -0.360 e. The van der Waals surface area contributed by atoms with Crippen molar-refractivity contribution in [1.82, 2.24) is 4.98 Å². The largest absolute Gasteiger partial charge is 0.360 e. The summed E-state index contributed by atoms with van der Waals surface area (Å²) in [5.41, 5.74) is 1.24. The number of Topliss-reactive ketones (excluding diaryl/α,β-unsaturated/α-hetero) is 1. The van der Waals surface area contributed by atoms with Crippen LogP contribution in [0, 0.1) is 23.0 Å². The van der Waals surface area contributed by atoms with E-state index in [0.717, 1.165) is 23.3 Å². The van der Waals surface area contributed by atoms with Gasteiger partial charge in [0.15, 0.2) is 22.8 Å². The molecule has 1 heterocycles. The summed E-state index contributed by atoms with van der Waals surface area (Å²) >= 11 is 0. The number of ketones is 1. The Labute approximate surface area is 138 Å². The van der Waals surface area contributed by atoms with Gasteiger partial charge in [0.25, 0.3) is 0 Å². The third-order valence-electron chi connectivity index (χ3n) is 5.37. The summed E-state index contributed by atoms with van der Waals surface area (Å²) in [5.74, 6) is -2.28. The van der Waals surface area contributed by atoms with Gasteiger partial charge in [0, 0.05) is 19.1 Å². The number of allylic oxidation sites excluding steroid dienone is 4. The Morgan fingerprint density at radius 3 is 2.75 bits per heavy atom. The average molecular weight is 329 g/mol. The maximum absolute atomic E-state index is 13.5. The fourth-order valence-corrected chi connectivity index (χ4v) is 3.64. The number of nitrogens with one attached hydrogen (secondary N) is 1. The van der Waals surface area contributed by atoms with Crippen LogP contribution < -0.4 is 5.43 Å². The molecule has 2 atom stereocenters. The lowest BCUT2D eigenvalue weighted by Crippen LogP contribution is -2.25. The standard InChI is InChI=1S/C19H15F2NO2.H2/c1-9-3-4-19(7-13(19)10(9)2)18(24)12-8-22-16-6-15(21)14(20)5-11(16)17(12)23;/h3-6,8,13H,7H2,1-2H3,(H,22,23);1H. The van der Waals surface area contributed by atoms with E-state index < -0.39 is 22.5 Å². The number of H-pyrrole nitrogens is 1. The van der Waals surface area contributed by atoms with Crippen LogP contribution in [0.3, 0.4) is 0 Å². The summed E-state index contributed by atoms with van der Waals surface area (Å²) in [5, 5.41) is -0.0171. The molecule has 0 spiro atoms. The third kappa shape index (κ3) is 1.87. The Morgan fingerprint density at radius 2 is 2.00 bits per heavy atom. The molecule has 24 heavy (non-hydrogen) atoms. The summed E-state index contributed by atoms with van der Waals surface area (Å²) in [6.45, 7) is 4.00. The molecule has 1 N–H and O–H groups in total. The highest BCUT2D eigenvalue weighted by molar-refractivity contribution is 6.06. The van der Waals surface area contributed by atoms with E-state index in [1.807, 2.05) is 26.0 Å². The number of aromatic nitrogens is 1. The van der Waals surface area contributed by atoms with Gasteiger partial charge in [-0.2, -0.15) is 0 Å². The van der Waals surface area contributed by atoms with Crippen molar-refractivity contribution in [2.24, 2.45) is 11.3 Å². The van der Waals surface area contributed by atoms with Crippen LogP contribution >= 0.6 is 0 Å². The molecule has 1 aromatic heterocycles. The van der Waals surface area contributed by atoms with Crippen molar-refractivity contribution < 1.29 is 15.0 Å². The smallest absolute Gasteiger partial charge is 0.200 e. The van der Waals surface area contributed by atoms with E-state index in [1.54, 1.807) is 0 Å². The van der Waals surface area contributed by atoms with Gasteiger partial charge in [0.1, 0.15) is 0 Å². The maximum atomic E-state index is 13.5. The first kappa shape index (κ1) is 15.0. The van der Waals surface area contributed by atoms with Crippen LogP contribution in [0.25, 0.3) is 10.9 Å². The van der Waals surface area contributed by atoms with E-state index in [2.05, 4.69) is 4.98 Å². The minimum atomic E-state index is -1.10. The summed E-state index contributed by atoms with van der Waals surface area (Å²) in [4.78, 5) is 28.3. The van der Waals surface area contributed by atoms with Crippen molar-refractivity contribution >= 4 is 16.7 Å². The first-order valence-electron chi connectivity index (χ1n) is 7.77. The number of aromatic amines is 1. The Morgan fingerprint density at radius 1 is 1.29 bits per heavy atom. The zero-order valence-corrected chi connectivity index (χ0v) is 13.2. The first-order chi connectivity index (χ1) is 11.3. The maximum Gasteiger partial charge on any atom is 0.200 e. The van der Waals surface area contributed by atoms with Gasteiger partial charge in [-0.3, -0.25) is 9.59 Å². The lowest BCUT2D eigenvalue weighted by molar-refractivity contribution is 0.0921. The van der Waals surface area contributed by atoms with Gasteiger partial charge in [0.2, 0.25) is 0 Å². The van der Waals surface area contributed by atoms with Crippen LogP contribution in [0.5, 0.6) is 0 Å². The number of carbonyl (C=O) groups is 1. The molecule has 2 aliphatic carbocycles. The lowest BCUT2D eigenvalue weighted by Gasteiger charge is -2.17. The van der Waals surface area contributed by atoms with Crippen LogP contribution in [0.2, 0.25) is 0 Å². The highest BCUT2D eigenvalue weighted by atomic mass is 19.2. The first-order valence-corrected chi connectivity index (χ1v) is 7.77. The molecule has 124 valence electrons. The summed E-state index contributed by atoms with van der Waals surface area (Å²) in [6, 6.07) is 1.77.